The first-order chi connectivity index (χ1) is 12.6. The average Bonchev–Trinajstić information content (AvgIpc) is 2.67. The van der Waals surface area contributed by atoms with Crippen molar-refractivity contribution in [2.45, 2.75) is 26.3 Å². The highest BCUT2D eigenvalue weighted by Crippen LogP contribution is 2.36. The van der Waals surface area contributed by atoms with Gasteiger partial charge in [-0.3, -0.25) is 4.79 Å². The van der Waals surface area contributed by atoms with Crippen LogP contribution in [0.25, 0.3) is 10.8 Å². The Balaban J connectivity index is 2.13. The molecule has 0 saturated heterocycles. The van der Waals surface area contributed by atoms with E-state index in [2.05, 4.69) is 5.32 Å². The number of fused-ring (bicyclic) bond motifs is 1. The SMILES string of the molecule is CCOc1ccc([C@H](NC(=O)CC)c2c(O)ccc3ccccc23)cc1. The van der Waals surface area contributed by atoms with E-state index in [4.69, 9.17) is 4.74 Å². The normalized spacial score (nSPS) is 11.9. The Morgan fingerprint density at radius 2 is 1.77 bits per heavy atom. The van der Waals surface area contributed by atoms with Gasteiger partial charge in [-0.25, -0.2) is 0 Å². The third-order valence-electron chi connectivity index (χ3n) is 4.39. The molecule has 0 heterocycles. The predicted octanol–water partition coefficient (Wildman–Crippen LogP) is 4.56. The quantitative estimate of drug-likeness (QED) is 0.686. The number of hydrogen-bond donors (Lipinski definition) is 2. The minimum absolute atomic E-state index is 0.0729. The van der Waals surface area contributed by atoms with Crippen molar-refractivity contribution < 1.29 is 14.6 Å². The molecule has 3 rings (SSSR count). The lowest BCUT2D eigenvalue weighted by Crippen LogP contribution is -2.28. The van der Waals surface area contributed by atoms with E-state index in [1.807, 2.05) is 68.4 Å². The van der Waals surface area contributed by atoms with E-state index < -0.39 is 6.04 Å². The molecule has 4 heteroatoms. The van der Waals surface area contributed by atoms with Crippen molar-refractivity contribution in [1.29, 1.82) is 0 Å². The number of rotatable bonds is 6. The number of aromatic hydroxyl groups is 1. The van der Waals surface area contributed by atoms with E-state index in [0.717, 1.165) is 22.1 Å². The number of carbonyl (C=O) groups is 1. The Bertz CT molecular complexity index is 903. The molecule has 0 bridgehead atoms. The molecule has 0 aliphatic carbocycles. The third kappa shape index (κ3) is 3.64. The highest BCUT2D eigenvalue weighted by Gasteiger charge is 2.22. The van der Waals surface area contributed by atoms with Crippen LogP contribution in [0.3, 0.4) is 0 Å². The summed E-state index contributed by atoms with van der Waals surface area (Å²) in [6, 6.07) is 18.6. The molecule has 0 spiro atoms. The Labute approximate surface area is 153 Å². The monoisotopic (exact) mass is 349 g/mol. The second-order valence-corrected chi connectivity index (χ2v) is 6.08. The number of phenolic OH excluding ortho intramolecular Hbond substituents is 1. The van der Waals surface area contributed by atoms with E-state index in [0.29, 0.717) is 18.6 Å². The van der Waals surface area contributed by atoms with Crippen LogP contribution < -0.4 is 10.1 Å². The molecule has 0 saturated carbocycles. The van der Waals surface area contributed by atoms with E-state index in [9.17, 15) is 9.90 Å². The molecule has 3 aromatic rings. The molecule has 4 nitrogen and oxygen atoms in total. The Hall–Kier alpha value is -3.01. The zero-order valence-corrected chi connectivity index (χ0v) is 15.0. The molecular formula is C22H23NO3. The van der Waals surface area contributed by atoms with Crippen LogP contribution in [-0.4, -0.2) is 17.6 Å². The molecule has 1 atom stereocenters. The number of benzene rings is 3. The zero-order chi connectivity index (χ0) is 18.5. The maximum absolute atomic E-state index is 12.2. The van der Waals surface area contributed by atoms with Crippen molar-refractivity contribution in [1.82, 2.24) is 5.32 Å². The van der Waals surface area contributed by atoms with Crippen molar-refractivity contribution >= 4 is 16.7 Å². The van der Waals surface area contributed by atoms with Crippen LogP contribution in [0.15, 0.2) is 60.7 Å². The fourth-order valence-corrected chi connectivity index (χ4v) is 3.10. The molecular weight excluding hydrogens is 326 g/mol. The first-order valence-corrected chi connectivity index (χ1v) is 8.86. The summed E-state index contributed by atoms with van der Waals surface area (Å²) in [6.07, 6.45) is 0.374. The second-order valence-electron chi connectivity index (χ2n) is 6.08. The highest BCUT2D eigenvalue weighted by molar-refractivity contribution is 5.89. The Kier molecular flexibility index (Phi) is 5.42. The lowest BCUT2D eigenvalue weighted by Gasteiger charge is -2.22. The van der Waals surface area contributed by atoms with Crippen molar-refractivity contribution in [3.05, 3.63) is 71.8 Å². The van der Waals surface area contributed by atoms with Gasteiger partial charge in [-0.05, 0) is 41.5 Å². The molecule has 2 N–H and O–H groups in total. The lowest BCUT2D eigenvalue weighted by atomic mass is 9.92. The molecule has 134 valence electrons. The highest BCUT2D eigenvalue weighted by atomic mass is 16.5. The van der Waals surface area contributed by atoms with Crippen molar-refractivity contribution in [2.24, 2.45) is 0 Å². The average molecular weight is 349 g/mol. The molecule has 1 amide bonds. The zero-order valence-electron chi connectivity index (χ0n) is 15.0. The van der Waals surface area contributed by atoms with Gasteiger partial charge in [0, 0.05) is 12.0 Å². The van der Waals surface area contributed by atoms with Gasteiger partial charge in [-0.2, -0.15) is 0 Å². The van der Waals surface area contributed by atoms with E-state index in [1.165, 1.54) is 0 Å². The summed E-state index contributed by atoms with van der Waals surface area (Å²) in [7, 11) is 0. The summed E-state index contributed by atoms with van der Waals surface area (Å²) in [5.41, 5.74) is 1.59. The van der Waals surface area contributed by atoms with Gasteiger partial charge < -0.3 is 15.2 Å². The smallest absolute Gasteiger partial charge is 0.220 e. The minimum atomic E-state index is -0.441. The second kappa shape index (κ2) is 7.91. The van der Waals surface area contributed by atoms with Crippen LogP contribution in [-0.2, 0) is 4.79 Å². The van der Waals surface area contributed by atoms with Crippen LogP contribution in [0.4, 0.5) is 0 Å². The third-order valence-corrected chi connectivity index (χ3v) is 4.39. The van der Waals surface area contributed by atoms with Crippen LogP contribution in [0.5, 0.6) is 11.5 Å². The topological polar surface area (TPSA) is 58.6 Å². The first kappa shape index (κ1) is 17.8. The van der Waals surface area contributed by atoms with Gasteiger partial charge in [0.1, 0.15) is 11.5 Å². The largest absolute Gasteiger partial charge is 0.508 e. The van der Waals surface area contributed by atoms with Gasteiger partial charge in [0.15, 0.2) is 0 Å². The van der Waals surface area contributed by atoms with Crippen LogP contribution >= 0.6 is 0 Å². The summed E-state index contributed by atoms with van der Waals surface area (Å²) in [4.78, 5) is 12.2. The van der Waals surface area contributed by atoms with Crippen molar-refractivity contribution in [3.8, 4) is 11.5 Å². The number of nitrogens with one attached hydrogen (secondary N) is 1. The number of phenols is 1. The number of hydrogen-bond acceptors (Lipinski definition) is 3. The maximum atomic E-state index is 12.2. The van der Waals surface area contributed by atoms with E-state index in [1.54, 1.807) is 6.07 Å². The van der Waals surface area contributed by atoms with Crippen LogP contribution in [0.2, 0.25) is 0 Å². The lowest BCUT2D eigenvalue weighted by molar-refractivity contribution is -0.121. The maximum Gasteiger partial charge on any atom is 0.220 e. The molecule has 0 aromatic heterocycles. The van der Waals surface area contributed by atoms with Crippen LogP contribution in [0.1, 0.15) is 37.4 Å². The van der Waals surface area contributed by atoms with Crippen LogP contribution in [0, 0.1) is 0 Å². The predicted molar refractivity (Wildman–Crippen MR) is 104 cm³/mol. The number of amides is 1. The fraction of sp³-hybridized carbons (Fsp3) is 0.227. The summed E-state index contributed by atoms with van der Waals surface area (Å²) >= 11 is 0. The number of ether oxygens (including phenoxy) is 1. The van der Waals surface area contributed by atoms with Gasteiger partial charge in [-0.1, -0.05) is 49.4 Å². The molecule has 0 aliphatic rings. The molecule has 3 aromatic carbocycles. The fourth-order valence-electron chi connectivity index (χ4n) is 3.10. The molecule has 0 unspecified atom stereocenters. The first-order valence-electron chi connectivity index (χ1n) is 8.86. The van der Waals surface area contributed by atoms with Gasteiger partial charge >= 0.3 is 0 Å². The summed E-state index contributed by atoms with van der Waals surface area (Å²) < 4.78 is 5.51. The molecule has 0 fully saturated rings. The molecule has 0 aliphatic heterocycles. The summed E-state index contributed by atoms with van der Waals surface area (Å²) in [5.74, 6) is 0.870. The molecule has 0 radical (unpaired) electrons. The summed E-state index contributed by atoms with van der Waals surface area (Å²) in [5, 5.41) is 15.6. The molecule has 26 heavy (non-hydrogen) atoms. The Morgan fingerprint density at radius 3 is 2.46 bits per heavy atom. The van der Waals surface area contributed by atoms with Gasteiger partial charge in [0.25, 0.3) is 0 Å². The van der Waals surface area contributed by atoms with E-state index in [-0.39, 0.29) is 11.7 Å². The minimum Gasteiger partial charge on any atom is -0.508 e. The number of carbonyl (C=O) groups excluding carboxylic acids is 1. The summed E-state index contributed by atoms with van der Waals surface area (Å²) in [6.45, 7) is 4.35. The van der Waals surface area contributed by atoms with Gasteiger partial charge in [-0.15, -0.1) is 0 Å². The Morgan fingerprint density at radius 1 is 1.04 bits per heavy atom. The van der Waals surface area contributed by atoms with Gasteiger partial charge in [0.2, 0.25) is 5.91 Å². The van der Waals surface area contributed by atoms with Crippen molar-refractivity contribution in [3.63, 3.8) is 0 Å². The standard InChI is InChI=1S/C22H23NO3/c1-3-20(25)23-22(16-9-12-17(13-10-16)26-4-2)21-18-8-6-5-7-15(18)11-14-19(21)24/h5-14,22,24H,3-4H2,1-2H3,(H,23,25)/t22-/m0/s1. The van der Waals surface area contributed by atoms with Gasteiger partial charge in [0.05, 0.1) is 12.6 Å². The van der Waals surface area contributed by atoms with E-state index >= 15 is 0 Å². The van der Waals surface area contributed by atoms with Crippen molar-refractivity contribution in [2.75, 3.05) is 6.61 Å².